The number of benzene rings is 1. The third-order valence-corrected chi connectivity index (χ3v) is 4.37. The van der Waals surface area contributed by atoms with Gasteiger partial charge in [0.25, 0.3) is 0 Å². The third kappa shape index (κ3) is 2.71. The summed E-state index contributed by atoms with van der Waals surface area (Å²) < 4.78 is 11.5. The fraction of sp³-hybridized carbons (Fsp3) is 0.625. The number of hydrogen-bond acceptors (Lipinski definition) is 3. The highest BCUT2D eigenvalue weighted by atomic mass is 16.5. The molecule has 3 nitrogen and oxygen atoms in total. The van der Waals surface area contributed by atoms with Gasteiger partial charge in [0.2, 0.25) is 0 Å². The molecule has 0 aromatic heterocycles. The molecule has 0 spiro atoms. The standard InChI is InChI=1S/C16H22O3/c1-18-15-7-6-11(14-8-12(14)10-17)9-16(15)19-13-4-2-3-5-13/h6-7,9,12-14,17H,2-5,8,10H2,1H3/t12-,14-/m0/s1. The van der Waals surface area contributed by atoms with Crippen molar-refractivity contribution in [2.45, 2.75) is 44.1 Å². The van der Waals surface area contributed by atoms with E-state index in [1.54, 1.807) is 7.11 Å². The van der Waals surface area contributed by atoms with Crippen LogP contribution in [-0.4, -0.2) is 24.9 Å². The molecular weight excluding hydrogens is 240 g/mol. The predicted octanol–water partition coefficient (Wildman–Crippen LogP) is 3.11. The zero-order valence-electron chi connectivity index (χ0n) is 11.5. The first-order valence-corrected chi connectivity index (χ1v) is 7.27. The van der Waals surface area contributed by atoms with Crippen LogP contribution in [0.1, 0.15) is 43.6 Å². The minimum atomic E-state index is 0.287. The third-order valence-electron chi connectivity index (χ3n) is 4.37. The number of methoxy groups -OCH3 is 1. The van der Waals surface area contributed by atoms with E-state index < -0.39 is 0 Å². The van der Waals surface area contributed by atoms with E-state index >= 15 is 0 Å². The second-order valence-electron chi connectivity index (χ2n) is 5.72. The molecule has 0 unspecified atom stereocenters. The van der Waals surface area contributed by atoms with Gasteiger partial charge in [-0.05, 0) is 61.6 Å². The van der Waals surface area contributed by atoms with Crippen LogP contribution in [0.4, 0.5) is 0 Å². The summed E-state index contributed by atoms with van der Waals surface area (Å²) in [4.78, 5) is 0. The highest BCUT2D eigenvalue weighted by Crippen LogP contribution is 2.48. The lowest BCUT2D eigenvalue weighted by atomic mass is 10.1. The Bertz CT molecular complexity index is 438. The van der Waals surface area contributed by atoms with Crippen molar-refractivity contribution in [3.63, 3.8) is 0 Å². The van der Waals surface area contributed by atoms with Crippen molar-refractivity contribution < 1.29 is 14.6 Å². The number of aliphatic hydroxyl groups is 1. The van der Waals surface area contributed by atoms with Crippen molar-refractivity contribution in [2.24, 2.45) is 5.92 Å². The molecule has 2 atom stereocenters. The highest BCUT2D eigenvalue weighted by molar-refractivity contribution is 5.45. The minimum Gasteiger partial charge on any atom is -0.493 e. The van der Waals surface area contributed by atoms with Gasteiger partial charge in [-0.15, -0.1) is 0 Å². The largest absolute Gasteiger partial charge is 0.493 e. The average molecular weight is 262 g/mol. The van der Waals surface area contributed by atoms with E-state index in [2.05, 4.69) is 12.1 Å². The summed E-state index contributed by atoms with van der Waals surface area (Å²) in [5.74, 6) is 2.63. The molecule has 1 aromatic carbocycles. The van der Waals surface area contributed by atoms with Gasteiger partial charge in [-0.2, -0.15) is 0 Å². The first-order valence-electron chi connectivity index (χ1n) is 7.27. The molecule has 0 amide bonds. The molecule has 0 radical (unpaired) electrons. The van der Waals surface area contributed by atoms with Crippen LogP contribution >= 0.6 is 0 Å². The Morgan fingerprint density at radius 3 is 2.63 bits per heavy atom. The first kappa shape index (κ1) is 12.8. The minimum absolute atomic E-state index is 0.287. The van der Waals surface area contributed by atoms with E-state index in [0.29, 0.717) is 17.9 Å². The quantitative estimate of drug-likeness (QED) is 0.886. The van der Waals surface area contributed by atoms with Gasteiger partial charge in [0.15, 0.2) is 11.5 Å². The Labute approximate surface area is 114 Å². The molecule has 2 aliphatic carbocycles. The van der Waals surface area contributed by atoms with Crippen LogP contribution in [-0.2, 0) is 0 Å². The Balaban J connectivity index is 1.77. The second kappa shape index (κ2) is 5.41. The number of ether oxygens (including phenoxy) is 2. The Kier molecular flexibility index (Phi) is 3.65. The summed E-state index contributed by atoms with van der Waals surface area (Å²) >= 11 is 0. The Morgan fingerprint density at radius 1 is 1.21 bits per heavy atom. The topological polar surface area (TPSA) is 38.7 Å². The van der Waals surface area contributed by atoms with E-state index in [4.69, 9.17) is 9.47 Å². The van der Waals surface area contributed by atoms with Crippen molar-refractivity contribution in [3.05, 3.63) is 23.8 Å². The van der Waals surface area contributed by atoms with E-state index in [1.165, 1.54) is 18.4 Å². The molecule has 1 N–H and O–H groups in total. The molecule has 2 aliphatic rings. The molecule has 2 fully saturated rings. The Morgan fingerprint density at radius 2 is 2.00 bits per heavy atom. The lowest BCUT2D eigenvalue weighted by Gasteiger charge is -2.17. The van der Waals surface area contributed by atoms with Gasteiger partial charge in [0, 0.05) is 6.61 Å². The monoisotopic (exact) mass is 262 g/mol. The molecule has 2 saturated carbocycles. The molecule has 0 heterocycles. The van der Waals surface area contributed by atoms with Gasteiger partial charge in [-0.1, -0.05) is 6.07 Å². The van der Waals surface area contributed by atoms with Gasteiger partial charge in [0.05, 0.1) is 13.2 Å². The number of hydrogen-bond donors (Lipinski definition) is 1. The van der Waals surface area contributed by atoms with E-state index in [9.17, 15) is 5.11 Å². The molecule has 1 aromatic rings. The fourth-order valence-corrected chi connectivity index (χ4v) is 3.06. The molecule has 0 aliphatic heterocycles. The lowest BCUT2D eigenvalue weighted by Crippen LogP contribution is -2.11. The fourth-order valence-electron chi connectivity index (χ4n) is 3.06. The second-order valence-corrected chi connectivity index (χ2v) is 5.72. The van der Waals surface area contributed by atoms with Crippen molar-refractivity contribution >= 4 is 0 Å². The average Bonchev–Trinajstić information content (AvgIpc) is 3.07. The van der Waals surface area contributed by atoms with Crippen molar-refractivity contribution in [1.82, 2.24) is 0 Å². The Hall–Kier alpha value is -1.22. The van der Waals surface area contributed by atoms with Gasteiger partial charge in [-0.25, -0.2) is 0 Å². The SMILES string of the molecule is COc1ccc([C@@H]2C[C@H]2CO)cc1OC1CCCC1. The number of aliphatic hydroxyl groups excluding tert-OH is 1. The molecular formula is C16H22O3. The van der Waals surface area contributed by atoms with Gasteiger partial charge < -0.3 is 14.6 Å². The van der Waals surface area contributed by atoms with Crippen molar-refractivity contribution in [1.29, 1.82) is 0 Å². The summed E-state index contributed by atoms with van der Waals surface area (Å²) in [5.41, 5.74) is 1.27. The first-order chi connectivity index (χ1) is 9.31. The van der Waals surface area contributed by atoms with E-state index in [-0.39, 0.29) is 6.61 Å². The van der Waals surface area contributed by atoms with Crippen LogP contribution in [0.2, 0.25) is 0 Å². The maximum Gasteiger partial charge on any atom is 0.161 e. The summed E-state index contributed by atoms with van der Waals surface area (Å²) in [6.07, 6.45) is 6.26. The van der Waals surface area contributed by atoms with Gasteiger partial charge >= 0.3 is 0 Å². The molecule has 104 valence electrons. The molecule has 0 bridgehead atoms. The van der Waals surface area contributed by atoms with Crippen molar-refractivity contribution in [2.75, 3.05) is 13.7 Å². The van der Waals surface area contributed by atoms with E-state index in [0.717, 1.165) is 30.8 Å². The van der Waals surface area contributed by atoms with Gasteiger partial charge in [0.1, 0.15) is 0 Å². The van der Waals surface area contributed by atoms with Crippen molar-refractivity contribution in [3.8, 4) is 11.5 Å². The zero-order chi connectivity index (χ0) is 13.2. The maximum absolute atomic E-state index is 9.18. The highest BCUT2D eigenvalue weighted by Gasteiger charge is 2.38. The van der Waals surface area contributed by atoms with Crippen LogP contribution in [0.25, 0.3) is 0 Å². The zero-order valence-corrected chi connectivity index (χ0v) is 11.5. The molecule has 3 heteroatoms. The summed E-state index contributed by atoms with van der Waals surface area (Å²) in [7, 11) is 1.68. The van der Waals surface area contributed by atoms with Crippen LogP contribution in [0, 0.1) is 5.92 Å². The summed E-state index contributed by atoms with van der Waals surface area (Å²) in [5, 5.41) is 9.18. The van der Waals surface area contributed by atoms with Crippen LogP contribution < -0.4 is 9.47 Å². The summed E-state index contributed by atoms with van der Waals surface area (Å²) in [6, 6.07) is 6.20. The summed E-state index contributed by atoms with van der Waals surface area (Å²) in [6.45, 7) is 0.287. The van der Waals surface area contributed by atoms with Crippen LogP contribution in [0.15, 0.2) is 18.2 Å². The lowest BCUT2D eigenvalue weighted by molar-refractivity contribution is 0.200. The molecule has 3 rings (SSSR count). The molecule has 19 heavy (non-hydrogen) atoms. The number of rotatable bonds is 5. The molecule has 0 saturated heterocycles. The maximum atomic E-state index is 9.18. The smallest absolute Gasteiger partial charge is 0.161 e. The van der Waals surface area contributed by atoms with Crippen LogP contribution in [0.5, 0.6) is 11.5 Å². The normalized spacial score (nSPS) is 26.4. The van der Waals surface area contributed by atoms with Crippen LogP contribution in [0.3, 0.4) is 0 Å². The van der Waals surface area contributed by atoms with E-state index in [1.807, 2.05) is 6.07 Å². The predicted molar refractivity (Wildman–Crippen MR) is 73.8 cm³/mol. The van der Waals surface area contributed by atoms with Gasteiger partial charge in [-0.3, -0.25) is 0 Å².